The first kappa shape index (κ1) is 52.6. The number of hydrogen-bond donors (Lipinski definition) is 10. The van der Waals surface area contributed by atoms with Crippen LogP contribution in [0.5, 0.6) is 11.5 Å². The second-order valence-electron chi connectivity index (χ2n) is 15.3. The van der Waals surface area contributed by atoms with E-state index < -0.39 is 121 Å². The Bertz CT molecular complexity index is 2480. The molecule has 25 heteroatoms. The number of allylic oxidation sites excluding steroid dienone is 3. The molecule has 0 bridgehead atoms. The third kappa shape index (κ3) is 14.2. The second kappa shape index (κ2) is 23.4. The van der Waals surface area contributed by atoms with E-state index in [1.807, 2.05) is 79.7 Å². The summed E-state index contributed by atoms with van der Waals surface area (Å²) in [7, 11) is 7.46. The minimum atomic E-state index is -2.09. The Hall–Kier alpha value is -8.06. The predicted octanol–water partition coefficient (Wildman–Crippen LogP) is -0.586. The summed E-state index contributed by atoms with van der Waals surface area (Å²) < 4.78 is 6.34. The van der Waals surface area contributed by atoms with Crippen molar-refractivity contribution in [1.29, 1.82) is 0 Å². The Morgan fingerprint density at radius 3 is 1.57 bits per heavy atom. The lowest BCUT2D eigenvalue weighted by Gasteiger charge is -2.28. The molecule has 362 valence electrons. The topological polar surface area (TPSA) is 374 Å². The van der Waals surface area contributed by atoms with Crippen molar-refractivity contribution in [2.45, 2.75) is 43.4 Å². The maximum absolute atomic E-state index is 13.5. The van der Waals surface area contributed by atoms with Crippen LogP contribution in [0.25, 0.3) is 5.57 Å². The number of aliphatic imine (C=N–C) groups is 1. The van der Waals surface area contributed by atoms with Crippen molar-refractivity contribution in [2.24, 2.45) is 10.7 Å². The minimum absolute atomic E-state index is 0.0285. The smallest absolute Gasteiger partial charge is 0.336 e. The van der Waals surface area contributed by atoms with E-state index in [4.69, 9.17) is 15.6 Å². The molecule has 24 nitrogen and oxygen atoms in total. The Morgan fingerprint density at radius 1 is 0.662 bits per heavy atom. The number of benzene rings is 2. The molecule has 5 amide bonds. The molecule has 2 aromatic rings. The zero-order valence-corrected chi connectivity index (χ0v) is 37.6. The molecule has 4 atom stereocenters. The number of carboxylic acid groups (broad SMARTS) is 5. The van der Waals surface area contributed by atoms with E-state index >= 15 is 0 Å². The number of fused-ring (bicyclic) bond motifs is 2. The third-order valence-corrected chi connectivity index (χ3v) is 10.9. The predicted molar refractivity (Wildman–Crippen MR) is 243 cm³/mol. The molecular formula is C43H48N8O16S. The van der Waals surface area contributed by atoms with Gasteiger partial charge in [0.2, 0.25) is 23.6 Å². The van der Waals surface area contributed by atoms with E-state index in [0.29, 0.717) is 33.8 Å². The van der Waals surface area contributed by atoms with Crippen LogP contribution in [0, 0.1) is 0 Å². The molecule has 0 saturated heterocycles. The van der Waals surface area contributed by atoms with E-state index in [-0.39, 0.29) is 11.3 Å². The van der Waals surface area contributed by atoms with E-state index in [9.17, 15) is 68.4 Å². The van der Waals surface area contributed by atoms with Crippen LogP contribution in [0.3, 0.4) is 0 Å². The number of nitrogens with one attached hydrogen (secondary N) is 4. The lowest BCUT2D eigenvalue weighted by Crippen LogP contribution is -2.59. The van der Waals surface area contributed by atoms with Gasteiger partial charge in [0.25, 0.3) is 5.91 Å². The molecule has 4 rings (SSSR count). The maximum atomic E-state index is 13.5. The Labute approximate surface area is 390 Å². The average molecular weight is 965 g/mol. The minimum Gasteiger partial charge on any atom is -0.481 e. The highest BCUT2D eigenvalue weighted by Gasteiger charge is 2.35. The van der Waals surface area contributed by atoms with Crippen molar-refractivity contribution < 1.29 is 78.2 Å². The highest BCUT2D eigenvalue weighted by molar-refractivity contribution is 8.00. The third-order valence-electron chi connectivity index (χ3n) is 9.84. The molecule has 2 aliphatic rings. The number of rotatable bonds is 22. The highest BCUT2D eigenvalue weighted by Crippen LogP contribution is 2.48. The van der Waals surface area contributed by atoms with Gasteiger partial charge in [0.1, 0.15) is 35.7 Å². The molecule has 0 fully saturated rings. The number of carbonyl (C=O) groups is 10. The first-order chi connectivity index (χ1) is 32.0. The summed E-state index contributed by atoms with van der Waals surface area (Å²) in [5, 5.41) is 55.6. The van der Waals surface area contributed by atoms with Crippen molar-refractivity contribution in [3.8, 4) is 11.5 Å². The van der Waals surface area contributed by atoms with Crippen LogP contribution in [0.1, 0.15) is 30.4 Å². The molecule has 1 aliphatic carbocycles. The number of carboxylic acids is 5. The van der Waals surface area contributed by atoms with Gasteiger partial charge in [-0.1, -0.05) is 6.08 Å². The first-order valence-electron chi connectivity index (χ1n) is 20.2. The number of aliphatic carboxylic acids is 5. The normalized spacial score (nSPS) is 14.8. The first-order valence-corrected chi connectivity index (χ1v) is 21.3. The molecular weight excluding hydrogens is 917 g/mol. The van der Waals surface area contributed by atoms with E-state index in [1.54, 1.807) is 5.32 Å². The molecule has 1 aliphatic heterocycles. The Morgan fingerprint density at radius 2 is 1.13 bits per heavy atom. The van der Waals surface area contributed by atoms with Crippen LogP contribution in [-0.2, 0) is 47.9 Å². The number of amides is 5. The van der Waals surface area contributed by atoms with Crippen molar-refractivity contribution >= 4 is 93.8 Å². The van der Waals surface area contributed by atoms with Gasteiger partial charge in [-0.15, -0.1) is 11.8 Å². The zero-order valence-electron chi connectivity index (χ0n) is 36.8. The van der Waals surface area contributed by atoms with Crippen molar-refractivity contribution in [3.05, 3.63) is 76.9 Å². The van der Waals surface area contributed by atoms with Gasteiger partial charge < -0.3 is 67.1 Å². The molecule has 1 heterocycles. The number of thioether (sulfide) groups is 1. The quantitative estimate of drug-likeness (QED) is 0.0602. The average Bonchev–Trinajstić information content (AvgIpc) is 3.25. The van der Waals surface area contributed by atoms with Crippen molar-refractivity contribution in [2.75, 3.05) is 56.0 Å². The SMILES string of the molecule is CN(C)c1ccc2c(c1)Oc1cc(N(C)C)ccc1C2=C1C=CC(=NC(=O)CSC[C@H](NC(=O)CN)C(=O)N[C@@H](CC(=O)O)C(=O)N[C@@H](CC(=O)O)C(=O)N[C@@H](CC(=O)O)C(=O)O)C=C1C(=O)O. The van der Waals surface area contributed by atoms with Gasteiger partial charge in [-0.25, -0.2) is 14.6 Å². The highest BCUT2D eigenvalue weighted by atomic mass is 32.2. The van der Waals surface area contributed by atoms with Crippen molar-refractivity contribution in [1.82, 2.24) is 21.3 Å². The molecule has 0 radical (unpaired) electrons. The fourth-order valence-electron chi connectivity index (χ4n) is 6.55. The van der Waals surface area contributed by atoms with E-state index in [0.717, 1.165) is 23.1 Å². The fourth-order valence-corrected chi connectivity index (χ4v) is 7.37. The number of ether oxygens (including phenoxy) is 1. The summed E-state index contributed by atoms with van der Waals surface area (Å²) in [6.07, 6.45) is 0.718. The van der Waals surface area contributed by atoms with Gasteiger partial charge in [0.05, 0.1) is 42.8 Å². The molecule has 2 aromatic carbocycles. The number of carbonyl (C=O) groups excluding carboxylic acids is 5. The van der Waals surface area contributed by atoms with Crippen molar-refractivity contribution in [3.63, 3.8) is 0 Å². The molecule has 0 saturated carbocycles. The standard InChI is InChI=1S/C43H48N8O16S/c1-50(2)21-6-9-24-31(12-21)67-32-13-22(51(3)4)7-10-25(32)38(24)23-8-5-20(11-26(23)42(63)64)45-34(53)19-68-18-30(46-33(52)17-44)41(62)48-27(14-35(54)55)39(60)47-28(15-36(56)57)40(61)49-29(43(65)66)16-37(58)59/h5-13,27-30H,14-19,44H2,1-4H3,(H,46,52)(H,47,60)(H,48,62)(H,49,61)(H,54,55)(H,56,57)(H,58,59)(H,63,64)(H,65,66)/t27-,28-,29-,30-/m0/s1. The number of nitrogens with zero attached hydrogens (tertiary/aromatic N) is 3. The zero-order chi connectivity index (χ0) is 50.6. The second-order valence-corrected chi connectivity index (χ2v) is 16.4. The summed E-state index contributed by atoms with van der Waals surface area (Å²) in [5.74, 6) is -13.8. The van der Waals surface area contributed by atoms with E-state index in [1.165, 1.54) is 18.2 Å². The van der Waals surface area contributed by atoms with Gasteiger partial charge >= 0.3 is 29.8 Å². The van der Waals surface area contributed by atoms with Crippen LogP contribution >= 0.6 is 11.8 Å². The lowest BCUT2D eigenvalue weighted by atomic mass is 9.84. The number of hydrogen-bond acceptors (Lipinski definition) is 15. The van der Waals surface area contributed by atoms with Gasteiger partial charge in [-0.3, -0.25) is 38.4 Å². The molecule has 0 unspecified atom stereocenters. The van der Waals surface area contributed by atoms with Crippen LogP contribution < -0.4 is 41.5 Å². The molecule has 0 aromatic heterocycles. The number of nitrogens with two attached hydrogens (primary N) is 1. The summed E-state index contributed by atoms with van der Waals surface area (Å²) in [5.41, 5.74) is 8.96. The lowest BCUT2D eigenvalue weighted by molar-refractivity contribution is -0.148. The monoisotopic (exact) mass is 964 g/mol. The van der Waals surface area contributed by atoms with Gasteiger partial charge in [-0.05, 0) is 42.0 Å². The molecule has 0 spiro atoms. The van der Waals surface area contributed by atoms with Crippen LogP contribution in [0.4, 0.5) is 11.4 Å². The van der Waals surface area contributed by atoms with Crippen LogP contribution in [0.2, 0.25) is 0 Å². The Kier molecular flexibility index (Phi) is 18.1. The summed E-state index contributed by atoms with van der Waals surface area (Å²) in [6.45, 7) is -0.633. The molecule has 68 heavy (non-hydrogen) atoms. The Balaban J connectivity index is 1.54. The van der Waals surface area contributed by atoms with Gasteiger partial charge in [0.15, 0.2) is 0 Å². The van der Waals surface area contributed by atoms with Crippen LogP contribution in [-0.4, -0.2) is 161 Å². The maximum Gasteiger partial charge on any atom is 0.336 e. The van der Waals surface area contributed by atoms with Crippen LogP contribution in [0.15, 0.2) is 70.8 Å². The summed E-state index contributed by atoms with van der Waals surface area (Å²) in [6, 6.07) is 3.25. The van der Waals surface area contributed by atoms with E-state index in [2.05, 4.69) is 15.6 Å². The fraction of sp³-hybridized carbons (Fsp3) is 0.326. The number of anilines is 2. The largest absolute Gasteiger partial charge is 0.481 e. The summed E-state index contributed by atoms with van der Waals surface area (Å²) >= 11 is 0.754. The van der Waals surface area contributed by atoms with Gasteiger partial charge in [-0.2, -0.15) is 0 Å². The molecule has 11 N–H and O–H groups in total. The van der Waals surface area contributed by atoms with Gasteiger partial charge in [0, 0.05) is 74.2 Å². The summed E-state index contributed by atoms with van der Waals surface area (Å²) in [4.78, 5) is 131.